The van der Waals surface area contributed by atoms with Crippen molar-refractivity contribution in [1.82, 2.24) is 10.2 Å². The number of halogens is 3. The fraction of sp³-hybridized carbons (Fsp3) is 0.105. The molecule has 0 bridgehead atoms. The maximum absolute atomic E-state index is 13.6. The van der Waals surface area contributed by atoms with E-state index in [2.05, 4.69) is 20.8 Å². The minimum absolute atomic E-state index is 0.0131. The van der Waals surface area contributed by atoms with Crippen LogP contribution in [0.4, 0.5) is 20.3 Å². The maximum Gasteiger partial charge on any atom is 0.276 e. The highest BCUT2D eigenvalue weighted by molar-refractivity contribution is 6.30. The number of carbonyl (C=O) groups is 1. The molecule has 0 aliphatic carbocycles. The Morgan fingerprint density at radius 3 is 2.59 bits per heavy atom. The molecule has 2 aromatic carbocycles. The number of aromatic nitrogens is 2. The number of rotatable bonds is 6. The highest BCUT2D eigenvalue weighted by atomic mass is 35.5. The molecule has 3 rings (SSSR count). The van der Waals surface area contributed by atoms with Crippen molar-refractivity contribution in [1.29, 1.82) is 0 Å². The lowest BCUT2D eigenvalue weighted by molar-refractivity contribution is 0.102. The van der Waals surface area contributed by atoms with Crippen LogP contribution >= 0.6 is 11.6 Å². The Hall–Kier alpha value is -3.06. The van der Waals surface area contributed by atoms with Crippen LogP contribution in [-0.4, -0.2) is 22.6 Å². The van der Waals surface area contributed by atoms with E-state index in [0.717, 1.165) is 24.1 Å². The fourth-order valence-electron chi connectivity index (χ4n) is 2.35. The van der Waals surface area contributed by atoms with Crippen LogP contribution in [-0.2, 0) is 6.42 Å². The standard InChI is InChI=1S/C19H15ClF2N4O/c20-13-3-1-2-12(10-13)8-9-23-18-7-6-17(25-26-18)19(27)24-16-5-4-14(21)11-15(16)22/h1-7,10-11H,8-9H2,(H,23,26)(H,24,27). The number of nitrogens with one attached hydrogen (secondary N) is 2. The fourth-order valence-corrected chi connectivity index (χ4v) is 2.57. The SMILES string of the molecule is O=C(Nc1ccc(F)cc1F)c1ccc(NCCc2cccc(Cl)c2)nn1. The van der Waals surface area contributed by atoms with Gasteiger partial charge in [-0.3, -0.25) is 4.79 Å². The molecule has 0 aliphatic rings. The zero-order chi connectivity index (χ0) is 19.2. The first kappa shape index (κ1) is 18.7. The minimum Gasteiger partial charge on any atom is -0.368 e. The molecular formula is C19H15ClF2N4O. The second-order valence-corrected chi connectivity index (χ2v) is 6.13. The molecule has 0 fully saturated rings. The molecule has 1 aromatic heterocycles. The van der Waals surface area contributed by atoms with Gasteiger partial charge in [-0.15, -0.1) is 10.2 Å². The first-order valence-electron chi connectivity index (χ1n) is 8.10. The summed E-state index contributed by atoms with van der Waals surface area (Å²) in [6, 6.07) is 13.5. The minimum atomic E-state index is -0.865. The summed E-state index contributed by atoms with van der Waals surface area (Å²) in [4.78, 5) is 12.1. The van der Waals surface area contributed by atoms with Crippen molar-refractivity contribution < 1.29 is 13.6 Å². The lowest BCUT2D eigenvalue weighted by Gasteiger charge is -2.07. The average Bonchev–Trinajstić information content (AvgIpc) is 2.64. The van der Waals surface area contributed by atoms with Gasteiger partial charge in [0.2, 0.25) is 0 Å². The van der Waals surface area contributed by atoms with Crippen molar-refractivity contribution in [3.63, 3.8) is 0 Å². The van der Waals surface area contributed by atoms with Crippen molar-refractivity contribution in [2.45, 2.75) is 6.42 Å². The van der Waals surface area contributed by atoms with Gasteiger partial charge in [-0.05, 0) is 48.4 Å². The summed E-state index contributed by atoms with van der Waals surface area (Å²) in [5, 5.41) is 13.8. The van der Waals surface area contributed by atoms with Gasteiger partial charge >= 0.3 is 0 Å². The van der Waals surface area contributed by atoms with E-state index < -0.39 is 17.5 Å². The number of carbonyl (C=O) groups excluding carboxylic acids is 1. The van der Waals surface area contributed by atoms with Gasteiger partial charge in [0.05, 0.1) is 5.69 Å². The largest absolute Gasteiger partial charge is 0.368 e. The molecule has 0 aliphatic heterocycles. The van der Waals surface area contributed by atoms with E-state index in [1.165, 1.54) is 6.07 Å². The van der Waals surface area contributed by atoms with Crippen LogP contribution in [0.1, 0.15) is 16.1 Å². The molecule has 1 heterocycles. The predicted octanol–water partition coefficient (Wildman–Crippen LogP) is 4.32. The summed E-state index contributed by atoms with van der Waals surface area (Å²) < 4.78 is 26.5. The van der Waals surface area contributed by atoms with Gasteiger partial charge in [0.15, 0.2) is 5.69 Å². The lowest BCUT2D eigenvalue weighted by Crippen LogP contribution is -2.16. The van der Waals surface area contributed by atoms with E-state index >= 15 is 0 Å². The zero-order valence-corrected chi connectivity index (χ0v) is 14.8. The highest BCUT2D eigenvalue weighted by Gasteiger charge is 2.12. The molecule has 0 saturated carbocycles. The van der Waals surface area contributed by atoms with E-state index in [1.807, 2.05) is 24.3 Å². The molecular weight excluding hydrogens is 374 g/mol. The number of amides is 1. The molecule has 138 valence electrons. The van der Waals surface area contributed by atoms with Gasteiger partial charge in [0.1, 0.15) is 17.5 Å². The number of benzene rings is 2. The molecule has 0 saturated heterocycles. The molecule has 0 radical (unpaired) electrons. The van der Waals surface area contributed by atoms with Gasteiger partial charge < -0.3 is 10.6 Å². The summed E-state index contributed by atoms with van der Waals surface area (Å²) >= 11 is 5.94. The van der Waals surface area contributed by atoms with Crippen LogP contribution in [0.25, 0.3) is 0 Å². The first-order valence-corrected chi connectivity index (χ1v) is 8.47. The smallest absolute Gasteiger partial charge is 0.276 e. The van der Waals surface area contributed by atoms with E-state index in [9.17, 15) is 13.6 Å². The summed E-state index contributed by atoms with van der Waals surface area (Å²) in [5.41, 5.74) is 0.964. The van der Waals surface area contributed by atoms with Gasteiger partial charge in [-0.1, -0.05) is 23.7 Å². The predicted molar refractivity (Wildman–Crippen MR) is 100.0 cm³/mol. The van der Waals surface area contributed by atoms with Crippen molar-refractivity contribution in [3.05, 3.63) is 82.5 Å². The normalized spacial score (nSPS) is 10.5. The van der Waals surface area contributed by atoms with E-state index in [-0.39, 0.29) is 11.4 Å². The quantitative estimate of drug-likeness (QED) is 0.660. The van der Waals surface area contributed by atoms with E-state index in [1.54, 1.807) is 6.07 Å². The molecule has 0 atom stereocenters. The van der Waals surface area contributed by atoms with E-state index in [4.69, 9.17) is 11.6 Å². The average molecular weight is 389 g/mol. The number of hydrogen-bond acceptors (Lipinski definition) is 4. The van der Waals surface area contributed by atoms with Gasteiger partial charge in [-0.25, -0.2) is 8.78 Å². The number of nitrogens with zero attached hydrogens (tertiary/aromatic N) is 2. The Kier molecular flexibility index (Phi) is 5.93. The molecule has 5 nitrogen and oxygen atoms in total. The number of anilines is 2. The molecule has 2 N–H and O–H groups in total. The van der Waals surface area contributed by atoms with Gasteiger partial charge in [-0.2, -0.15) is 0 Å². The number of hydrogen-bond donors (Lipinski definition) is 2. The lowest BCUT2D eigenvalue weighted by atomic mass is 10.1. The first-order chi connectivity index (χ1) is 13.0. The topological polar surface area (TPSA) is 66.9 Å². The Morgan fingerprint density at radius 1 is 1.04 bits per heavy atom. The molecule has 0 unspecified atom stereocenters. The second-order valence-electron chi connectivity index (χ2n) is 5.69. The third-order valence-electron chi connectivity index (χ3n) is 3.69. The van der Waals surface area contributed by atoms with Crippen LogP contribution in [0.15, 0.2) is 54.6 Å². The Balaban J connectivity index is 1.55. The van der Waals surface area contributed by atoms with Crippen LogP contribution in [0.2, 0.25) is 5.02 Å². The Bertz CT molecular complexity index is 951. The van der Waals surface area contributed by atoms with Crippen molar-refractivity contribution in [2.24, 2.45) is 0 Å². The zero-order valence-electron chi connectivity index (χ0n) is 14.0. The van der Waals surface area contributed by atoms with Crippen LogP contribution < -0.4 is 10.6 Å². The maximum atomic E-state index is 13.6. The van der Waals surface area contributed by atoms with Gasteiger partial charge in [0, 0.05) is 17.6 Å². The summed E-state index contributed by atoms with van der Waals surface area (Å²) in [7, 11) is 0. The van der Waals surface area contributed by atoms with Crippen LogP contribution in [0, 0.1) is 11.6 Å². The third kappa shape index (κ3) is 5.21. The summed E-state index contributed by atoms with van der Waals surface area (Å²) in [5.74, 6) is -1.73. The Morgan fingerprint density at radius 2 is 1.89 bits per heavy atom. The second kappa shape index (κ2) is 8.55. The third-order valence-corrected chi connectivity index (χ3v) is 3.92. The molecule has 1 amide bonds. The summed E-state index contributed by atoms with van der Waals surface area (Å²) in [6.45, 7) is 0.612. The molecule has 27 heavy (non-hydrogen) atoms. The van der Waals surface area contributed by atoms with Crippen molar-refractivity contribution in [2.75, 3.05) is 17.2 Å². The van der Waals surface area contributed by atoms with Crippen LogP contribution in [0.3, 0.4) is 0 Å². The highest BCUT2D eigenvalue weighted by Crippen LogP contribution is 2.16. The van der Waals surface area contributed by atoms with Gasteiger partial charge in [0.25, 0.3) is 5.91 Å². The molecule has 8 heteroatoms. The monoisotopic (exact) mass is 388 g/mol. The van der Waals surface area contributed by atoms with Crippen molar-refractivity contribution in [3.8, 4) is 0 Å². The Labute approximate surface area is 159 Å². The molecule has 3 aromatic rings. The summed E-state index contributed by atoms with van der Waals surface area (Å²) in [6.07, 6.45) is 0.744. The van der Waals surface area contributed by atoms with E-state index in [0.29, 0.717) is 23.5 Å². The molecule has 0 spiro atoms. The van der Waals surface area contributed by atoms with Crippen LogP contribution in [0.5, 0.6) is 0 Å². The van der Waals surface area contributed by atoms with Crippen molar-refractivity contribution >= 4 is 29.0 Å².